The normalized spacial score (nSPS) is 10.8. The summed E-state index contributed by atoms with van der Waals surface area (Å²) in [6.07, 6.45) is 3.63. The highest BCUT2D eigenvalue weighted by atomic mass is 32.1. The maximum atomic E-state index is 6.01. The summed E-state index contributed by atoms with van der Waals surface area (Å²) in [5.41, 5.74) is 9.95. The molecule has 0 spiro atoms. The molecular formula is C14H14N4S. The molecule has 96 valence electrons. The Kier molecular flexibility index (Phi) is 3.05. The maximum Gasteiger partial charge on any atom is 0.145 e. The Bertz CT molecular complexity index is 685. The summed E-state index contributed by atoms with van der Waals surface area (Å²) in [6, 6.07) is 8.29. The van der Waals surface area contributed by atoms with Crippen LogP contribution in [0.2, 0.25) is 0 Å². The van der Waals surface area contributed by atoms with E-state index in [0.717, 1.165) is 17.2 Å². The molecular weight excluding hydrogens is 256 g/mol. The predicted molar refractivity (Wildman–Crippen MR) is 78.0 cm³/mol. The van der Waals surface area contributed by atoms with Gasteiger partial charge in [-0.2, -0.15) is 5.10 Å². The van der Waals surface area contributed by atoms with E-state index in [4.69, 9.17) is 5.73 Å². The van der Waals surface area contributed by atoms with Gasteiger partial charge in [-0.3, -0.25) is 4.68 Å². The van der Waals surface area contributed by atoms with Crippen LogP contribution in [0.15, 0.2) is 42.0 Å². The molecule has 0 aliphatic heterocycles. The predicted octanol–water partition coefficient (Wildman–Crippen LogP) is 2.95. The largest absolute Gasteiger partial charge is 0.396 e. The van der Waals surface area contributed by atoms with Gasteiger partial charge in [0, 0.05) is 17.8 Å². The molecule has 0 aliphatic rings. The molecule has 0 fully saturated rings. The van der Waals surface area contributed by atoms with Crippen LogP contribution in [-0.2, 0) is 6.54 Å². The van der Waals surface area contributed by atoms with Gasteiger partial charge in [-0.1, -0.05) is 24.3 Å². The highest BCUT2D eigenvalue weighted by Crippen LogP contribution is 2.26. The van der Waals surface area contributed by atoms with Crippen molar-refractivity contribution in [2.24, 2.45) is 0 Å². The summed E-state index contributed by atoms with van der Waals surface area (Å²) in [7, 11) is 0. The first kappa shape index (κ1) is 11.9. The summed E-state index contributed by atoms with van der Waals surface area (Å²) in [5.74, 6) is 0. The van der Waals surface area contributed by atoms with Gasteiger partial charge in [-0.05, 0) is 18.1 Å². The lowest BCUT2D eigenvalue weighted by Gasteiger charge is -2.05. The topological polar surface area (TPSA) is 56.7 Å². The fourth-order valence-electron chi connectivity index (χ4n) is 1.99. The summed E-state index contributed by atoms with van der Waals surface area (Å²) in [6.45, 7) is 2.83. The highest BCUT2D eigenvalue weighted by molar-refractivity contribution is 7.13. The third-order valence-electron chi connectivity index (χ3n) is 3.02. The molecule has 1 aromatic carbocycles. The molecule has 3 aromatic rings. The number of nitrogens with two attached hydrogens (primary N) is 1. The molecule has 3 rings (SSSR count). The van der Waals surface area contributed by atoms with Gasteiger partial charge in [0.2, 0.25) is 0 Å². The summed E-state index contributed by atoms with van der Waals surface area (Å²) >= 11 is 1.55. The first-order valence-corrected chi connectivity index (χ1v) is 6.89. The van der Waals surface area contributed by atoms with Crippen molar-refractivity contribution < 1.29 is 0 Å². The minimum Gasteiger partial charge on any atom is -0.396 e. The van der Waals surface area contributed by atoms with Crippen LogP contribution in [0.1, 0.15) is 11.1 Å². The summed E-state index contributed by atoms with van der Waals surface area (Å²) in [5, 5.41) is 7.32. The van der Waals surface area contributed by atoms with Crippen molar-refractivity contribution in [3.63, 3.8) is 0 Å². The Hall–Kier alpha value is -2.14. The lowest BCUT2D eigenvalue weighted by Crippen LogP contribution is -2.02. The van der Waals surface area contributed by atoms with Crippen molar-refractivity contribution in [2.75, 3.05) is 5.73 Å². The SMILES string of the molecule is Cc1ccccc1Cn1cc(N)c(-c2nccs2)n1. The van der Waals surface area contributed by atoms with E-state index in [1.807, 2.05) is 28.4 Å². The minimum absolute atomic E-state index is 0.670. The van der Waals surface area contributed by atoms with Crippen LogP contribution in [0.4, 0.5) is 5.69 Å². The fraction of sp³-hybridized carbons (Fsp3) is 0.143. The number of hydrogen-bond donors (Lipinski definition) is 1. The van der Waals surface area contributed by atoms with Crippen LogP contribution in [0.5, 0.6) is 0 Å². The number of aryl methyl sites for hydroxylation is 1. The van der Waals surface area contributed by atoms with Gasteiger partial charge >= 0.3 is 0 Å². The van der Waals surface area contributed by atoms with E-state index in [1.54, 1.807) is 17.5 Å². The van der Waals surface area contributed by atoms with Crippen molar-refractivity contribution in [3.8, 4) is 10.7 Å². The lowest BCUT2D eigenvalue weighted by atomic mass is 10.1. The van der Waals surface area contributed by atoms with Gasteiger partial charge in [0.15, 0.2) is 0 Å². The van der Waals surface area contributed by atoms with E-state index >= 15 is 0 Å². The Morgan fingerprint density at radius 1 is 1.32 bits per heavy atom. The molecule has 0 saturated heterocycles. The number of nitrogen functional groups attached to an aromatic ring is 1. The van der Waals surface area contributed by atoms with E-state index in [-0.39, 0.29) is 0 Å². The zero-order valence-corrected chi connectivity index (χ0v) is 11.4. The molecule has 19 heavy (non-hydrogen) atoms. The van der Waals surface area contributed by atoms with Crippen molar-refractivity contribution in [1.82, 2.24) is 14.8 Å². The van der Waals surface area contributed by atoms with E-state index in [0.29, 0.717) is 5.69 Å². The first-order chi connectivity index (χ1) is 9.24. The lowest BCUT2D eigenvalue weighted by molar-refractivity contribution is 0.686. The van der Waals surface area contributed by atoms with Gasteiger partial charge < -0.3 is 5.73 Å². The van der Waals surface area contributed by atoms with Crippen LogP contribution in [0, 0.1) is 6.92 Å². The molecule has 4 nitrogen and oxygen atoms in total. The molecule has 0 aliphatic carbocycles. The fourth-order valence-corrected chi connectivity index (χ4v) is 2.63. The van der Waals surface area contributed by atoms with Gasteiger partial charge in [-0.25, -0.2) is 4.98 Å². The molecule has 2 heterocycles. The van der Waals surface area contributed by atoms with Crippen LogP contribution in [-0.4, -0.2) is 14.8 Å². The Morgan fingerprint density at radius 2 is 2.16 bits per heavy atom. The number of anilines is 1. The number of benzene rings is 1. The number of hydrogen-bond acceptors (Lipinski definition) is 4. The molecule has 0 unspecified atom stereocenters. The number of aromatic nitrogens is 3. The second-order valence-corrected chi connectivity index (χ2v) is 5.29. The minimum atomic E-state index is 0.670. The molecule has 2 aromatic heterocycles. The monoisotopic (exact) mass is 270 g/mol. The van der Waals surface area contributed by atoms with Crippen LogP contribution >= 0.6 is 11.3 Å². The maximum absolute atomic E-state index is 6.01. The second kappa shape index (κ2) is 4.85. The van der Waals surface area contributed by atoms with E-state index in [2.05, 4.69) is 29.1 Å². The van der Waals surface area contributed by atoms with Crippen LogP contribution in [0.25, 0.3) is 10.7 Å². The first-order valence-electron chi connectivity index (χ1n) is 6.01. The average Bonchev–Trinajstić information content (AvgIpc) is 3.01. The highest BCUT2D eigenvalue weighted by Gasteiger charge is 2.11. The Morgan fingerprint density at radius 3 is 2.89 bits per heavy atom. The standard InChI is InChI=1S/C14H14N4S/c1-10-4-2-3-5-11(10)8-18-9-12(15)13(17-18)14-16-6-7-19-14/h2-7,9H,8,15H2,1H3. The van der Waals surface area contributed by atoms with Crippen molar-refractivity contribution in [3.05, 3.63) is 53.2 Å². The molecule has 0 radical (unpaired) electrons. The van der Waals surface area contributed by atoms with Crippen LogP contribution in [0.3, 0.4) is 0 Å². The quantitative estimate of drug-likeness (QED) is 0.796. The number of rotatable bonds is 3. The van der Waals surface area contributed by atoms with Gasteiger partial charge in [0.1, 0.15) is 10.7 Å². The molecule has 0 saturated carbocycles. The third kappa shape index (κ3) is 2.37. The Labute approximate surface area is 115 Å². The molecule has 0 atom stereocenters. The van der Waals surface area contributed by atoms with E-state index in [9.17, 15) is 0 Å². The van der Waals surface area contributed by atoms with Crippen LogP contribution < -0.4 is 5.73 Å². The summed E-state index contributed by atoms with van der Waals surface area (Å²) in [4.78, 5) is 4.25. The number of nitrogens with zero attached hydrogens (tertiary/aromatic N) is 3. The van der Waals surface area contributed by atoms with E-state index in [1.165, 1.54) is 11.1 Å². The zero-order chi connectivity index (χ0) is 13.2. The zero-order valence-electron chi connectivity index (χ0n) is 10.6. The van der Waals surface area contributed by atoms with Crippen molar-refractivity contribution in [2.45, 2.75) is 13.5 Å². The number of thiazole rings is 1. The second-order valence-electron chi connectivity index (χ2n) is 4.39. The average molecular weight is 270 g/mol. The van der Waals surface area contributed by atoms with Gasteiger partial charge in [-0.15, -0.1) is 11.3 Å². The molecule has 0 amide bonds. The summed E-state index contributed by atoms with van der Waals surface area (Å²) < 4.78 is 1.87. The smallest absolute Gasteiger partial charge is 0.145 e. The molecule has 2 N–H and O–H groups in total. The van der Waals surface area contributed by atoms with Crippen molar-refractivity contribution >= 4 is 17.0 Å². The molecule has 5 heteroatoms. The van der Waals surface area contributed by atoms with E-state index < -0.39 is 0 Å². The third-order valence-corrected chi connectivity index (χ3v) is 3.80. The Balaban J connectivity index is 1.91. The van der Waals surface area contributed by atoms with Gasteiger partial charge in [0.05, 0.1) is 12.2 Å². The molecule has 0 bridgehead atoms. The van der Waals surface area contributed by atoms with Crippen molar-refractivity contribution in [1.29, 1.82) is 0 Å². The van der Waals surface area contributed by atoms with Gasteiger partial charge in [0.25, 0.3) is 0 Å².